The quantitative estimate of drug-likeness (QED) is 0.147. The van der Waals surface area contributed by atoms with Gasteiger partial charge >= 0.3 is 35.8 Å². The van der Waals surface area contributed by atoms with Crippen molar-refractivity contribution in [1.29, 1.82) is 0 Å². The number of hydrogen-bond donors (Lipinski definition) is 2. The SMILES string of the molecule is CC(=O)OC[C@H]1O[C@@H](O)[C@H](OC(C)=O)[C@@H](OC(C)=O)[C@@H]1O[C@@H]1O[C@H](COC(=O)CCl)[C@H](OC(C)=O)[C@H](O)[C@H]1OC(C)=O. The van der Waals surface area contributed by atoms with Gasteiger partial charge in [0.2, 0.25) is 0 Å². The first kappa shape index (κ1) is 35.1. The Kier molecular flexibility index (Phi) is 13.3. The van der Waals surface area contributed by atoms with Crippen LogP contribution in [0.25, 0.3) is 0 Å². The number of carbonyl (C=O) groups excluding carboxylic acids is 6. The third kappa shape index (κ3) is 10.0. The molecule has 0 aromatic rings. The predicted octanol–water partition coefficient (Wildman–Crippen LogP) is -1.75. The van der Waals surface area contributed by atoms with E-state index < -0.39 is 116 Å². The molecule has 0 saturated carbocycles. The fraction of sp³-hybridized carbons (Fsp3) is 0.750. The summed E-state index contributed by atoms with van der Waals surface area (Å²) >= 11 is 5.46. The summed E-state index contributed by atoms with van der Waals surface area (Å²) in [7, 11) is 0. The van der Waals surface area contributed by atoms with E-state index in [-0.39, 0.29) is 0 Å². The highest BCUT2D eigenvalue weighted by molar-refractivity contribution is 6.26. The molecule has 2 fully saturated rings. The van der Waals surface area contributed by atoms with E-state index in [9.17, 15) is 39.0 Å². The zero-order chi connectivity index (χ0) is 31.7. The van der Waals surface area contributed by atoms with Gasteiger partial charge in [-0.3, -0.25) is 28.8 Å². The number of carbonyl (C=O) groups is 6. The maximum atomic E-state index is 12.0. The summed E-state index contributed by atoms with van der Waals surface area (Å²) in [6.45, 7) is 3.94. The minimum Gasteiger partial charge on any atom is -0.463 e. The number of aliphatic hydroxyl groups is 2. The molecule has 0 unspecified atom stereocenters. The maximum absolute atomic E-state index is 12.0. The van der Waals surface area contributed by atoms with Crippen molar-refractivity contribution < 1.29 is 81.6 Å². The van der Waals surface area contributed by atoms with E-state index >= 15 is 0 Å². The van der Waals surface area contributed by atoms with Crippen LogP contribution >= 0.6 is 11.6 Å². The molecule has 2 heterocycles. The van der Waals surface area contributed by atoms with Crippen molar-refractivity contribution in [3.05, 3.63) is 0 Å². The molecule has 0 amide bonds. The molecule has 0 spiro atoms. The highest BCUT2D eigenvalue weighted by atomic mass is 35.5. The Morgan fingerprint density at radius 1 is 0.619 bits per heavy atom. The van der Waals surface area contributed by atoms with Gasteiger partial charge in [0.25, 0.3) is 0 Å². The molecule has 10 atom stereocenters. The average molecular weight is 629 g/mol. The highest BCUT2D eigenvalue weighted by Gasteiger charge is 2.56. The van der Waals surface area contributed by atoms with Crippen LogP contribution in [0.1, 0.15) is 34.6 Å². The monoisotopic (exact) mass is 628 g/mol. The largest absolute Gasteiger partial charge is 0.463 e. The summed E-state index contributed by atoms with van der Waals surface area (Å²) in [6, 6.07) is 0. The first-order valence-electron chi connectivity index (χ1n) is 12.5. The van der Waals surface area contributed by atoms with Crippen molar-refractivity contribution in [3.8, 4) is 0 Å². The minimum absolute atomic E-state index is 0.537. The Morgan fingerprint density at radius 3 is 1.62 bits per heavy atom. The summed E-state index contributed by atoms with van der Waals surface area (Å²) in [6.07, 6.45) is -16.5. The Balaban J connectivity index is 2.54. The van der Waals surface area contributed by atoms with Gasteiger partial charge in [0.1, 0.15) is 43.5 Å². The van der Waals surface area contributed by atoms with E-state index in [1.807, 2.05) is 0 Å². The van der Waals surface area contributed by atoms with E-state index in [0.29, 0.717) is 0 Å². The van der Waals surface area contributed by atoms with Crippen molar-refractivity contribution in [1.82, 2.24) is 0 Å². The Morgan fingerprint density at radius 2 is 1.10 bits per heavy atom. The maximum Gasteiger partial charge on any atom is 0.320 e. The van der Waals surface area contributed by atoms with E-state index in [1.165, 1.54) is 0 Å². The molecule has 17 nitrogen and oxygen atoms in total. The Hall–Kier alpha value is -3.09. The minimum atomic E-state index is -1.89. The Labute approximate surface area is 244 Å². The van der Waals surface area contributed by atoms with Gasteiger partial charge in [0.05, 0.1) is 0 Å². The summed E-state index contributed by atoms with van der Waals surface area (Å²) in [4.78, 5) is 70.7. The van der Waals surface area contributed by atoms with Crippen molar-refractivity contribution in [2.75, 3.05) is 19.1 Å². The van der Waals surface area contributed by atoms with Gasteiger partial charge < -0.3 is 52.8 Å². The van der Waals surface area contributed by atoms with Gasteiger partial charge in [-0.25, -0.2) is 0 Å². The van der Waals surface area contributed by atoms with Crippen LogP contribution in [-0.4, -0.2) is 127 Å². The lowest BCUT2D eigenvalue weighted by atomic mass is 9.96. The molecule has 42 heavy (non-hydrogen) atoms. The number of hydrogen-bond acceptors (Lipinski definition) is 17. The fourth-order valence-electron chi connectivity index (χ4n) is 4.20. The summed E-state index contributed by atoms with van der Waals surface area (Å²) in [5.74, 6) is -5.78. The van der Waals surface area contributed by atoms with Gasteiger partial charge in [0, 0.05) is 34.6 Å². The van der Waals surface area contributed by atoms with Crippen LogP contribution < -0.4 is 0 Å². The van der Waals surface area contributed by atoms with Gasteiger partial charge in [0.15, 0.2) is 37.0 Å². The van der Waals surface area contributed by atoms with Crippen LogP contribution in [0.5, 0.6) is 0 Å². The molecular weight excluding hydrogens is 596 g/mol. The van der Waals surface area contributed by atoms with Gasteiger partial charge in [-0.15, -0.1) is 11.6 Å². The second kappa shape index (κ2) is 15.9. The molecule has 0 radical (unpaired) electrons. The van der Waals surface area contributed by atoms with E-state index in [2.05, 4.69) is 0 Å². The zero-order valence-electron chi connectivity index (χ0n) is 23.3. The van der Waals surface area contributed by atoms with Crippen LogP contribution in [-0.2, 0) is 71.4 Å². The predicted molar refractivity (Wildman–Crippen MR) is 131 cm³/mol. The van der Waals surface area contributed by atoms with Crippen LogP contribution in [0, 0.1) is 0 Å². The summed E-state index contributed by atoms with van der Waals surface area (Å²) in [5, 5.41) is 21.7. The van der Waals surface area contributed by atoms with Crippen molar-refractivity contribution >= 4 is 47.4 Å². The highest BCUT2D eigenvalue weighted by Crippen LogP contribution is 2.33. The molecule has 18 heteroatoms. The summed E-state index contributed by atoms with van der Waals surface area (Å²) in [5.41, 5.74) is 0. The average Bonchev–Trinajstić information content (AvgIpc) is 2.88. The molecule has 2 rings (SSSR count). The van der Waals surface area contributed by atoms with E-state index in [0.717, 1.165) is 34.6 Å². The molecule has 0 aromatic carbocycles. The number of halogens is 1. The second-order valence-corrected chi connectivity index (χ2v) is 9.38. The first-order valence-corrected chi connectivity index (χ1v) is 13.0. The standard InChI is InChI=1S/C24H33ClO17/c1-9(26)34-7-15-19(21(38-12(4)29)22(23(33)40-15)39-13(5)30)42-24-20(37-11(3)28)17(32)18(36-10(2)27)14(41-24)8-35-16(31)6-25/h14-15,17-24,32-33H,6-8H2,1-5H3/t14-,15-,17+,18+,19-,20-,21+,22-,23-,24+/m1/s1. The molecule has 0 aliphatic carbocycles. The number of aliphatic hydroxyl groups excluding tert-OH is 2. The van der Waals surface area contributed by atoms with Crippen molar-refractivity contribution in [2.24, 2.45) is 0 Å². The molecule has 2 aliphatic rings. The number of alkyl halides is 1. The molecule has 238 valence electrons. The number of ether oxygens (including phenoxy) is 9. The van der Waals surface area contributed by atoms with E-state index in [4.69, 9.17) is 54.2 Å². The molecule has 0 bridgehead atoms. The molecular formula is C24H33ClO17. The van der Waals surface area contributed by atoms with Gasteiger partial charge in [-0.2, -0.15) is 0 Å². The molecule has 0 aromatic heterocycles. The lowest BCUT2D eigenvalue weighted by molar-refractivity contribution is -0.356. The third-order valence-corrected chi connectivity index (χ3v) is 5.91. The van der Waals surface area contributed by atoms with Crippen LogP contribution in [0.4, 0.5) is 0 Å². The molecule has 2 saturated heterocycles. The van der Waals surface area contributed by atoms with Crippen LogP contribution in [0.15, 0.2) is 0 Å². The lowest BCUT2D eigenvalue weighted by Crippen LogP contribution is -2.66. The second-order valence-electron chi connectivity index (χ2n) is 9.11. The topological polar surface area (TPSA) is 226 Å². The van der Waals surface area contributed by atoms with Crippen LogP contribution in [0.3, 0.4) is 0 Å². The zero-order valence-corrected chi connectivity index (χ0v) is 24.0. The first-order chi connectivity index (χ1) is 19.6. The molecule has 2 aliphatic heterocycles. The fourth-order valence-corrected chi connectivity index (χ4v) is 4.27. The smallest absolute Gasteiger partial charge is 0.320 e. The molecule has 2 N–H and O–H groups in total. The van der Waals surface area contributed by atoms with Crippen molar-refractivity contribution in [3.63, 3.8) is 0 Å². The normalized spacial score (nSPS) is 32.6. The number of esters is 6. The van der Waals surface area contributed by atoms with Crippen LogP contribution in [0.2, 0.25) is 0 Å². The van der Waals surface area contributed by atoms with Crippen molar-refractivity contribution in [2.45, 2.75) is 96.0 Å². The number of rotatable bonds is 11. The van der Waals surface area contributed by atoms with Gasteiger partial charge in [-0.1, -0.05) is 0 Å². The van der Waals surface area contributed by atoms with Gasteiger partial charge in [-0.05, 0) is 0 Å². The summed E-state index contributed by atoms with van der Waals surface area (Å²) < 4.78 is 48.0. The van der Waals surface area contributed by atoms with E-state index in [1.54, 1.807) is 0 Å². The lowest BCUT2D eigenvalue weighted by Gasteiger charge is -2.47. The Bertz CT molecular complexity index is 1000. The third-order valence-electron chi connectivity index (χ3n) is 5.69.